The Morgan fingerprint density at radius 2 is 1.94 bits per heavy atom. The summed E-state index contributed by atoms with van der Waals surface area (Å²) in [5.41, 5.74) is 1.39. The average molecular weight is 263 g/mol. The highest BCUT2D eigenvalue weighted by molar-refractivity contribution is 7.99. The summed E-state index contributed by atoms with van der Waals surface area (Å²) in [5.74, 6) is 3.02. The summed E-state index contributed by atoms with van der Waals surface area (Å²) in [6, 6.07) is 9.07. The van der Waals surface area contributed by atoms with Crippen molar-refractivity contribution in [2.45, 2.75) is 44.6 Å². The van der Waals surface area contributed by atoms with Gasteiger partial charge in [0.1, 0.15) is 0 Å². The SMILES string of the molecule is CC(C)CNCc1ccc(SCC2CCC2)cc1. The van der Waals surface area contributed by atoms with Crippen molar-refractivity contribution in [2.24, 2.45) is 11.8 Å². The minimum absolute atomic E-state index is 0.724. The van der Waals surface area contributed by atoms with Gasteiger partial charge < -0.3 is 5.32 Å². The van der Waals surface area contributed by atoms with Gasteiger partial charge in [-0.1, -0.05) is 32.4 Å². The van der Waals surface area contributed by atoms with Crippen LogP contribution in [0.3, 0.4) is 0 Å². The first kappa shape index (κ1) is 14.0. The molecule has 1 nitrogen and oxygen atoms in total. The number of rotatable bonds is 7. The lowest BCUT2D eigenvalue weighted by Crippen LogP contribution is -2.18. The molecule has 1 fully saturated rings. The third-order valence-corrected chi connectivity index (χ3v) is 4.76. The third kappa shape index (κ3) is 4.66. The normalized spacial score (nSPS) is 15.9. The summed E-state index contributed by atoms with van der Waals surface area (Å²) in [5, 5.41) is 3.48. The number of benzene rings is 1. The van der Waals surface area contributed by atoms with Crippen LogP contribution in [-0.2, 0) is 6.54 Å². The fourth-order valence-electron chi connectivity index (χ4n) is 2.08. The van der Waals surface area contributed by atoms with Crippen LogP contribution in [0, 0.1) is 11.8 Å². The standard InChI is InChI=1S/C16H25NS/c1-13(2)10-17-11-14-6-8-16(9-7-14)18-12-15-4-3-5-15/h6-9,13,15,17H,3-5,10-12H2,1-2H3. The van der Waals surface area contributed by atoms with Crippen LogP contribution in [0.4, 0.5) is 0 Å². The molecule has 2 rings (SSSR count). The second kappa shape index (κ2) is 7.20. The van der Waals surface area contributed by atoms with Gasteiger partial charge in [-0.05, 0) is 48.9 Å². The van der Waals surface area contributed by atoms with Gasteiger partial charge in [-0.25, -0.2) is 0 Å². The van der Waals surface area contributed by atoms with Crippen molar-refractivity contribution >= 4 is 11.8 Å². The molecular weight excluding hydrogens is 238 g/mol. The zero-order valence-corrected chi connectivity index (χ0v) is 12.4. The fourth-order valence-corrected chi connectivity index (χ4v) is 3.17. The molecule has 1 aromatic rings. The zero-order valence-electron chi connectivity index (χ0n) is 11.6. The summed E-state index contributed by atoms with van der Waals surface area (Å²) in [6.45, 7) is 6.57. The van der Waals surface area contributed by atoms with Crippen molar-refractivity contribution < 1.29 is 0 Å². The monoisotopic (exact) mass is 263 g/mol. The Balaban J connectivity index is 1.70. The average Bonchev–Trinajstić information content (AvgIpc) is 2.28. The van der Waals surface area contributed by atoms with E-state index in [9.17, 15) is 0 Å². The zero-order chi connectivity index (χ0) is 12.8. The molecule has 1 aromatic carbocycles. The molecule has 0 bridgehead atoms. The van der Waals surface area contributed by atoms with E-state index >= 15 is 0 Å². The van der Waals surface area contributed by atoms with Crippen LogP contribution in [0.25, 0.3) is 0 Å². The van der Waals surface area contributed by atoms with Crippen LogP contribution in [0.1, 0.15) is 38.7 Å². The van der Waals surface area contributed by atoms with Crippen LogP contribution >= 0.6 is 11.8 Å². The lowest BCUT2D eigenvalue weighted by molar-refractivity contribution is 0.353. The second-order valence-corrected chi connectivity index (χ2v) is 6.87. The highest BCUT2D eigenvalue weighted by Gasteiger charge is 2.16. The van der Waals surface area contributed by atoms with Crippen LogP contribution in [0.15, 0.2) is 29.2 Å². The van der Waals surface area contributed by atoms with Gasteiger partial charge in [0, 0.05) is 17.2 Å². The van der Waals surface area contributed by atoms with Gasteiger partial charge in [-0.15, -0.1) is 11.8 Å². The smallest absolute Gasteiger partial charge is 0.0205 e. The first-order chi connectivity index (χ1) is 8.74. The molecule has 0 spiro atoms. The lowest BCUT2D eigenvalue weighted by Gasteiger charge is -2.24. The number of hydrogen-bond acceptors (Lipinski definition) is 2. The van der Waals surface area contributed by atoms with E-state index in [2.05, 4.69) is 43.4 Å². The molecule has 0 atom stereocenters. The van der Waals surface area contributed by atoms with Crippen molar-refractivity contribution in [3.05, 3.63) is 29.8 Å². The summed E-state index contributed by atoms with van der Waals surface area (Å²) in [4.78, 5) is 1.43. The van der Waals surface area contributed by atoms with Gasteiger partial charge in [-0.3, -0.25) is 0 Å². The number of thioether (sulfide) groups is 1. The molecule has 0 radical (unpaired) electrons. The fraction of sp³-hybridized carbons (Fsp3) is 0.625. The Hall–Kier alpha value is -0.470. The Labute approximate surface area is 116 Å². The molecule has 0 heterocycles. The predicted molar refractivity (Wildman–Crippen MR) is 81.1 cm³/mol. The maximum absolute atomic E-state index is 3.48. The molecule has 1 aliphatic carbocycles. The van der Waals surface area contributed by atoms with Gasteiger partial charge in [0.2, 0.25) is 0 Å². The van der Waals surface area contributed by atoms with Crippen molar-refractivity contribution in [2.75, 3.05) is 12.3 Å². The summed E-state index contributed by atoms with van der Waals surface area (Å²) < 4.78 is 0. The van der Waals surface area contributed by atoms with E-state index in [4.69, 9.17) is 0 Å². The minimum atomic E-state index is 0.724. The highest BCUT2D eigenvalue weighted by atomic mass is 32.2. The van der Waals surface area contributed by atoms with E-state index in [-0.39, 0.29) is 0 Å². The van der Waals surface area contributed by atoms with Gasteiger partial charge in [0.15, 0.2) is 0 Å². The Bertz CT molecular complexity index is 341. The Morgan fingerprint density at radius 3 is 2.50 bits per heavy atom. The lowest BCUT2D eigenvalue weighted by atomic mass is 9.87. The molecule has 0 unspecified atom stereocenters. The van der Waals surface area contributed by atoms with Crippen LogP contribution < -0.4 is 5.32 Å². The van der Waals surface area contributed by atoms with E-state index in [0.29, 0.717) is 0 Å². The van der Waals surface area contributed by atoms with E-state index in [1.807, 2.05) is 11.8 Å². The maximum atomic E-state index is 3.48. The Morgan fingerprint density at radius 1 is 1.22 bits per heavy atom. The quantitative estimate of drug-likeness (QED) is 0.735. The van der Waals surface area contributed by atoms with Crippen molar-refractivity contribution in [3.63, 3.8) is 0 Å². The molecule has 100 valence electrons. The molecule has 0 saturated heterocycles. The van der Waals surface area contributed by atoms with E-state index < -0.39 is 0 Å². The molecule has 1 saturated carbocycles. The largest absolute Gasteiger partial charge is 0.312 e. The molecule has 1 N–H and O–H groups in total. The van der Waals surface area contributed by atoms with Gasteiger partial charge in [0.05, 0.1) is 0 Å². The minimum Gasteiger partial charge on any atom is -0.312 e. The maximum Gasteiger partial charge on any atom is 0.0205 e. The van der Waals surface area contributed by atoms with Crippen molar-refractivity contribution in [1.29, 1.82) is 0 Å². The number of hydrogen-bond donors (Lipinski definition) is 1. The van der Waals surface area contributed by atoms with E-state index in [1.54, 1.807) is 0 Å². The topological polar surface area (TPSA) is 12.0 Å². The summed E-state index contributed by atoms with van der Waals surface area (Å²) >= 11 is 2.02. The molecular formula is C16H25NS. The first-order valence-electron chi connectivity index (χ1n) is 7.16. The van der Waals surface area contributed by atoms with E-state index in [0.717, 1.165) is 24.9 Å². The van der Waals surface area contributed by atoms with Gasteiger partial charge >= 0.3 is 0 Å². The molecule has 0 aromatic heterocycles. The molecule has 1 aliphatic rings. The van der Waals surface area contributed by atoms with Crippen molar-refractivity contribution in [1.82, 2.24) is 5.32 Å². The first-order valence-corrected chi connectivity index (χ1v) is 8.15. The Kier molecular flexibility index (Phi) is 5.58. The van der Waals surface area contributed by atoms with Gasteiger partial charge in [0.25, 0.3) is 0 Å². The molecule has 0 aliphatic heterocycles. The predicted octanol–water partition coefficient (Wildman–Crippen LogP) is 4.32. The van der Waals surface area contributed by atoms with E-state index in [1.165, 1.54) is 35.5 Å². The summed E-state index contributed by atoms with van der Waals surface area (Å²) in [6.07, 6.45) is 4.35. The van der Waals surface area contributed by atoms with Crippen LogP contribution in [0.2, 0.25) is 0 Å². The van der Waals surface area contributed by atoms with Gasteiger partial charge in [-0.2, -0.15) is 0 Å². The number of nitrogens with one attached hydrogen (secondary N) is 1. The second-order valence-electron chi connectivity index (χ2n) is 5.78. The highest BCUT2D eigenvalue weighted by Crippen LogP contribution is 2.32. The molecule has 0 amide bonds. The van der Waals surface area contributed by atoms with Crippen LogP contribution in [-0.4, -0.2) is 12.3 Å². The van der Waals surface area contributed by atoms with Crippen LogP contribution in [0.5, 0.6) is 0 Å². The summed E-state index contributed by atoms with van der Waals surface area (Å²) in [7, 11) is 0. The molecule has 2 heteroatoms. The molecule has 18 heavy (non-hydrogen) atoms. The van der Waals surface area contributed by atoms with Crippen molar-refractivity contribution in [3.8, 4) is 0 Å². The third-order valence-electron chi connectivity index (χ3n) is 3.52.